The molecule has 1 atom stereocenters. The maximum absolute atomic E-state index is 12.2. The van der Waals surface area contributed by atoms with Crippen molar-refractivity contribution >= 4 is 16.7 Å². The van der Waals surface area contributed by atoms with Gasteiger partial charge in [-0.15, -0.1) is 0 Å². The van der Waals surface area contributed by atoms with Crippen LogP contribution in [0.4, 0.5) is 0 Å². The minimum Gasteiger partial charge on any atom is -0.497 e. The number of methoxy groups -OCH3 is 1. The van der Waals surface area contributed by atoms with Crippen molar-refractivity contribution < 1.29 is 19.0 Å². The Labute approximate surface area is 158 Å². The molecule has 0 aromatic heterocycles. The maximum Gasteiger partial charge on any atom is 0.260 e. The van der Waals surface area contributed by atoms with Gasteiger partial charge >= 0.3 is 0 Å². The second-order valence-corrected chi connectivity index (χ2v) is 6.05. The molecular formula is C22H23NO4. The number of hydrogen-bond donors (Lipinski definition) is 1. The Hall–Kier alpha value is -3.21. The highest BCUT2D eigenvalue weighted by molar-refractivity contribution is 5.88. The lowest BCUT2D eigenvalue weighted by Crippen LogP contribution is -2.38. The van der Waals surface area contributed by atoms with Crippen LogP contribution in [0.2, 0.25) is 0 Å². The van der Waals surface area contributed by atoms with Crippen molar-refractivity contribution in [3.8, 4) is 17.2 Å². The zero-order valence-electron chi connectivity index (χ0n) is 15.5. The fraction of sp³-hybridized carbons (Fsp3) is 0.227. The van der Waals surface area contributed by atoms with Gasteiger partial charge in [0.05, 0.1) is 13.7 Å². The first kappa shape index (κ1) is 18.6. The lowest BCUT2D eigenvalue weighted by atomic mass is 10.1. The van der Waals surface area contributed by atoms with Crippen LogP contribution in [0.1, 0.15) is 6.92 Å². The summed E-state index contributed by atoms with van der Waals surface area (Å²) in [6, 6.07) is 21.1. The highest BCUT2D eigenvalue weighted by Gasteiger charge is 2.14. The summed E-state index contributed by atoms with van der Waals surface area (Å²) >= 11 is 0. The lowest BCUT2D eigenvalue weighted by molar-refractivity contribution is -0.127. The van der Waals surface area contributed by atoms with E-state index in [4.69, 9.17) is 14.2 Å². The summed E-state index contributed by atoms with van der Waals surface area (Å²) in [7, 11) is 1.60. The predicted octanol–water partition coefficient (Wildman–Crippen LogP) is 3.81. The van der Waals surface area contributed by atoms with Crippen molar-refractivity contribution in [1.82, 2.24) is 5.32 Å². The molecule has 0 heterocycles. The Bertz CT molecular complexity index is 887. The van der Waals surface area contributed by atoms with Crippen LogP contribution < -0.4 is 19.5 Å². The molecule has 0 aliphatic rings. The largest absolute Gasteiger partial charge is 0.497 e. The van der Waals surface area contributed by atoms with Crippen molar-refractivity contribution in [3.63, 3.8) is 0 Å². The summed E-state index contributed by atoms with van der Waals surface area (Å²) in [6.45, 7) is 2.50. The van der Waals surface area contributed by atoms with Crippen molar-refractivity contribution in [1.29, 1.82) is 0 Å². The van der Waals surface area contributed by atoms with E-state index in [-0.39, 0.29) is 5.91 Å². The number of ether oxygens (including phenoxy) is 3. The predicted molar refractivity (Wildman–Crippen MR) is 106 cm³/mol. The van der Waals surface area contributed by atoms with Crippen molar-refractivity contribution in [2.75, 3.05) is 20.3 Å². The standard InChI is InChI=1S/C22H23NO4/c1-16(27-19-12-10-18(25-2)11-13-19)22(24)23-14-15-26-21-9-5-7-17-6-3-4-8-20(17)21/h3-13,16H,14-15H2,1-2H3,(H,23,24). The average molecular weight is 365 g/mol. The van der Waals surface area contributed by atoms with E-state index in [2.05, 4.69) is 5.32 Å². The molecule has 0 fully saturated rings. The van der Waals surface area contributed by atoms with E-state index in [0.29, 0.717) is 18.9 Å². The van der Waals surface area contributed by atoms with Crippen LogP contribution in [0.5, 0.6) is 17.2 Å². The van der Waals surface area contributed by atoms with Gasteiger partial charge in [0, 0.05) is 5.39 Å². The van der Waals surface area contributed by atoms with Gasteiger partial charge in [0.1, 0.15) is 23.9 Å². The average Bonchev–Trinajstić information content (AvgIpc) is 2.71. The molecule has 3 aromatic carbocycles. The van der Waals surface area contributed by atoms with Crippen molar-refractivity contribution in [2.45, 2.75) is 13.0 Å². The van der Waals surface area contributed by atoms with E-state index in [1.165, 1.54) is 0 Å². The van der Waals surface area contributed by atoms with E-state index in [1.54, 1.807) is 38.3 Å². The molecule has 5 heteroatoms. The number of hydrogen-bond acceptors (Lipinski definition) is 4. The SMILES string of the molecule is COc1ccc(OC(C)C(=O)NCCOc2cccc3ccccc23)cc1. The Kier molecular flexibility index (Phi) is 6.15. The molecule has 1 amide bonds. The third-order valence-electron chi connectivity index (χ3n) is 4.15. The molecule has 1 N–H and O–H groups in total. The minimum atomic E-state index is -0.601. The van der Waals surface area contributed by atoms with Crippen LogP contribution in [0, 0.1) is 0 Å². The van der Waals surface area contributed by atoms with Gasteiger partial charge in [-0.2, -0.15) is 0 Å². The highest BCUT2D eigenvalue weighted by Crippen LogP contribution is 2.24. The molecule has 3 aromatic rings. The summed E-state index contributed by atoms with van der Waals surface area (Å²) in [5, 5.41) is 5.01. The molecule has 3 rings (SSSR count). The second kappa shape index (κ2) is 8.94. The molecule has 0 aliphatic carbocycles. The molecule has 0 saturated heterocycles. The fourth-order valence-corrected chi connectivity index (χ4v) is 2.71. The molecule has 0 aliphatic heterocycles. The number of benzene rings is 3. The molecule has 5 nitrogen and oxygen atoms in total. The fourth-order valence-electron chi connectivity index (χ4n) is 2.71. The van der Waals surface area contributed by atoms with Gasteiger partial charge in [0.2, 0.25) is 0 Å². The van der Waals surface area contributed by atoms with Gasteiger partial charge in [0.15, 0.2) is 6.10 Å². The van der Waals surface area contributed by atoms with E-state index < -0.39 is 6.10 Å². The zero-order chi connectivity index (χ0) is 19.1. The van der Waals surface area contributed by atoms with E-state index in [0.717, 1.165) is 22.3 Å². The molecule has 0 saturated carbocycles. The van der Waals surface area contributed by atoms with Crippen molar-refractivity contribution in [3.05, 3.63) is 66.7 Å². The topological polar surface area (TPSA) is 56.8 Å². The molecule has 27 heavy (non-hydrogen) atoms. The zero-order valence-corrected chi connectivity index (χ0v) is 15.5. The number of amides is 1. The Morgan fingerprint density at radius 1 is 0.963 bits per heavy atom. The third-order valence-corrected chi connectivity index (χ3v) is 4.15. The number of carbonyl (C=O) groups is 1. The van der Waals surface area contributed by atoms with Crippen LogP contribution in [-0.4, -0.2) is 32.3 Å². The molecule has 0 bridgehead atoms. The minimum absolute atomic E-state index is 0.188. The molecule has 0 spiro atoms. The van der Waals surface area contributed by atoms with Gasteiger partial charge in [0.25, 0.3) is 5.91 Å². The Balaban J connectivity index is 1.45. The van der Waals surface area contributed by atoms with E-state index in [9.17, 15) is 4.79 Å². The first-order valence-electron chi connectivity index (χ1n) is 8.86. The van der Waals surface area contributed by atoms with Gasteiger partial charge < -0.3 is 19.5 Å². The Morgan fingerprint density at radius 3 is 2.44 bits per heavy atom. The third kappa shape index (κ3) is 4.91. The second-order valence-electron chi connectivity index (χ2n) is 6.05. The van der Waals surface area contributed by atoms with Crippen LogP contribution in [0.15, 0.2) is 66.7 Å². The summed E-state index contributed by atoms with van der Waals surface area (Å²) in [4.78, 5) is 12.2. The number of nitrogens with one attached hydrogen (secondary N) is 1. The highest BCUT2D eigenvalue weighted by atomic mass is 16.5. The molecule has 0 radical (unpaired) electrons. The van der Waals surface area contributed by atoms with Crippen molar-refractivity contribution in [2.24, 2.45) is 0 Å². The van der Waals surface area contributed by atoms with Gasteiger partial charge in [-0.3, -0.25) is 4.79 Å². The number of fused-ring (bicyclic) bond motifs is 1. The molecule has 140 valence electrons. The summed E-state index contributed by atoms with van der Waals surface area (Å²) < 4.78 is 16.6. The monoisotopic (exact) mass is 365 g/mol. The van der Waals surface area contributed by atoms with Crippen LogP contribution in [0.3, 0.4) is 0 Å². The summed E-state index contributed by atoms with van der Waals surface area (Å²) in [5.74, 6) is 1.98. The van der Waals surface area contributed by atoms with Crippen LogP contribution in [0.25, 0.3) is 10.8 Å². The smallest absolute Gasteiger partial charge is 0.260 e. The normalized spacial score (nSPS) is 11.6. The van der Waals surface area contributed by atoms with Gasteiger partial charge in [-0.25, -0.2) is 0 Å². The maximum atomic E-state index is 12.2. The quantitative estimate of drug-likeness (QED) is 0.617. The van der Waals surface area contributed by atoms with E-state index in [1.807, 2.05) is 42.5 Å². The lowest BCUT2D eigenvalue weighted by Gasteiger charge is -2.15. The summed E-state index contributed by atoms with van der Waals surface area (Å²) in [5.41, 5.74) is 0. The summed E-state index contributed by atoms with van der Waals surface area (Å²) in [6.07, 6.45) is -0.601. The molecule has 1 unspecified atom stereocenters. The molecular weight excluding hydrogens is 342 g/mol. The number of rotatable bonds is 8. The first-order valence-corrected chi connectivity index (χ1v) is 8.86. The van der Waals surface area contributed by atoms with Crippen LogP contribution >= 0.6 is 0 Å². The van der Waals surface area contributed by atoms with Crippen LogP contribution in [-0.2, 0) is 4.79 Å². The first-order chi connectivity index (χ1) is 13.2. The van der Waals surface area contributed by atoms with E-state index >= 15 is 0 Å². The van der Waals surface area contributed by atoms with Gasteiger partial charge in [-0.1, -0.05) is 36.4 Å². The Morgan fingerprint density at radius 2 is 1.67 bits per heavy atom. The van der Waals surface area contributed by atoms with Gasteiger partial charge in [-0.05, 0) is 42.6 Å². The number of carbonyl (C=O) groups excluding carboxylic acids is 1.